The Balaban J connectivity index is 1.42. The number of sulfone groups is 1. The van der Waals surface area contributed by atoms with Crippen LogP contribution >= 0.6 is 0 Å². The zero-order valence-electron chi connectivity index (χ0n) is 24.0. The number of aryl methyl sites for hydroxylation is 1. The highest BCUT2D eigenvalue weighted by Gasteiger charge is 2.39. The number of fused-ring (bicyclic) bond motifs is 1. The van der Waals surface area contributed by atoms with E-state index in [4.69, 9.17) is 0 Å². The molecule has 228 valence electrons. The van der Waals surface area contributed by atoms with Gasteiger partial charge < -0.3 is 25.2 Å². The number of rotatable bonds is 7. The fraction of sp³-hybridized carbons (Fsp3) is 0.414. The van der Waals surface area contributed by atoms with Gasteiger partial charge in [-0.05, 0) is 39.0 Å². The molecule has 0 bridgehead atoms. The molecule has 5 rings (SSSR count). The average molecular weight is 612 g/mol. The van der Waals surface area contributed by atoms with Gasteiger partial charge in [-0.1, -0.05) is 24.3 Å². The Hall–Kier alpha value is -4.30. The zero-order valence-corrected chi connectivity index (χ0v) is 24.9. The van der Waals surface area contributed by atoms with E-state index in [-0.39, 0.29) is 29.0 Å². The lowest BCUT2D eigenvalue weighted by Gasteiger charge is -2.32. The van der Waals surface area contributed by atoms with Gasteiger partial charge in [0, 0.05) is 64.9 Å². The molecule has 1 aromatic rings. The van der Waals surface area contributed by atoms with Gasteiger partial charge in [0.05, 0.1) is 28.6 Å². The fourth-order valence-corrected chi connectivity index (χ4v) is 7.58. The van der Waals surface area contributed by atoms with E-state index in [9.17, 15) is 38.0 Å². The molecule has 2 amide bonds. The molecule has 2 saturated heterocycles. The topological polar surface area (TPSA) is 183 Å². The van der Waals surface area contributed by atoms with Gasteiger partial charge in [0.15, 0.2) is 9.84 Å². The van der Waals surface area contributed by atoms with Crippen LogP contribution in [0.2, 0.25) is 0 Å². The summed E-state index contributed by atoms with van der Waals surface area (Å²) < 4.78 is 26.9. The molecule has 2 unspecified atom stereocenters. The summed E-state index contributed by atoms with van der Waals surface area (Å²) in [6.45, 7) is 6.40. The molecule has 0 saturated carbocycles. The van der Waals surface area contributed by atoms with Crippen molar-refractivity contribution in [3.63, 3.8) is 0 Å². The highest BCUT2D eigenvalue weighted by atomic mass is 32.2. The van der Waals surface area contributed by atoms with E-state index >= 15 is 0 Å². The van der Waals surface area contributed by atoms with Gasteiger partial charge >= 0.3 is 5.97 Å². The number of nitrogens with zero attached hydrogens (tertiary/aromatic N) is 3. The van der Waals surface area contributed by atoms with Crippen LogP contribution in [0.1, 0.15) is 40.2 Å². The number of hydrogen-bond donors (Lipinski definition) is 3. The summed E-state index contributed by atoms with van der Waals surface area (Å²) in [7, 11) is -1.97. The normalized spacial score (nSPS) is 23.7. The van der Waals surface area contributed by atoms with Gasteiger partial charge in [0.1, 0.15) is 0 Å². The Bertz CT molecular complexity index is 1690. The third-order valence-corrected chi connectivity index (χ3v) is 10.4. The molecule has 2 atom stereocenters. The van der Waals surface area contributed by atoms with Crippen LogP contribution < -0.4 is 5.32 Å². The van der Waals surface area contributed by atoms with Crippen molar-refractivity contribution in [1.82, 2.24) is 20.1 Å². The molecule has 1 aromatic heterocycles. The number of aromatic amines is 1. The van der Waals surface area contributed by atoms with Crippen molar-refractivity contribution in [2.45, 2.75) is 38.0 Å². The number of allylic oxidation sites excluding steroid dienone is 4. The van der Waals surface area contributed by atoms with Crippen LogP contribution in [0.5, 0.6) is 0 Å². The molecule has 43 heavy (non-hydrogen) atoms. The maximum atomic E-state index is 13.5. The third kappa shape index (κ3) is 5.84. The summed E-state index contributed by atoms with van der Waals surface area (Å²) in [6, 6.07) is -1.46. The molecule has 0 spiro atoms. The summed E-state index contributed by atoms with van der Waals surface area (Å²) in [5, 5.41) is 22.6. The van der Waals surface area contributed by atoms with E-state index < -0.39 is 50.1 Å². The minimum absolute atomic E-state index is 0.00889. The number of likely N-dealkylation sites (N-methyl/N-ethyl adjacent to an activating group) is 1. The SMILES string of the molecule is Cc1[nH]c(/C=C2\C(=O)NC3=CCC(S(=O)(=O)CC4=CC=C(C(=O)O)CC4[N+](=O)[O-])C=C32)c(C)c1C(=O)N1CCN(C)CC1. The molecule has 3 N–H and O–H groups in total. The number of aromatic nitrogens is 1. The van der Waals surface area contributed by atoms with Crippen LogP contribution in [0.25, 0.3) is 6.08 Å². The number of nitro groups is 1. The molecule has 3 heterocycles. The maximum absolute atomic E-state index is 13.5. The molecule has 14 heteroatoms. The summed E-state index contributed by atoms with van der Waals surface area (Å²) in [5.41, 5.74) is 3.43. The largest absolute Gasteiger partial charge is 0.478 e. The predicted octanol–water partition coefficient (Wildman–Crippen LogP) is 1.52. The third-order valence-electron chi connectivity index (χ3n) is 8.45. The van der Waals surface area contributed by atoms with Crippen molar-refractivity contribution in [1.29, 1.82) is 0 Å². The lowest BCUT2D eigenvalue weighted by atomic mass is 9.95. The van der Waals surface area contributed by atoms with Crippen molar-refractivity contribution in [3.8, 4) is 0 Å². The van der Waals surface area contributed by atoms with Gasteiger partial charge in [-0.25, -0.2) is 13.2 Å². The van der Waals surface area contributed by atoms with Gasteiger partial charge in [0.25, 0.3) is 11.8 Å². The van der Waals surface area contributed by atoms with Crippen LogP contribution in [0.15, 0.2) is 52.3 Å². The maximum Gasteiger partial charge on any atom is 0.331 e. The molecule has 2 aliphatic heterocycles. The first-order valence-electron chi connectivity index (χ1n) is 13.9. The summed E-state index contributed by atoms with van der Waals surface area (Å²) >= 11 is 0. The van der Waals surface area contributed by atoms with E-state index in [0.29, 0.717) is 46.9 Å². The standard InChI is InChI=1S/C29H33N5O8S/c1-16-24(30-17(2)26(16)28(36)33-10-8-32(3)9-11-33)14-22-21-13-20(6-7-23(21)31-27(22)35)43(41,42)15-19-5-4-18(29(37)38)12-25(19)34(39)40/h4-5,7,13-14,20,25,30H,6,8-12,15H2,1-3H3,(H,31,35)(H,37,38)/b22-14-. The molecular weight excluding hydrogens is 578 g/mol. The van der Waals surface area contributed by atoms with Crippen LogP contribution in [0.3, 0.4) is 0 Å². The lowest BCUT2D eigenvalue weighted by Crippen LogP contribution is -2.47. The summed E-state index contributed by atoms with van der Waals surface area (Å²) in [4.78, 5) is 55.8. The Labute approximate surface area is 248 Å². The van der Waals surface area contributed by atoms with Crippen molar-refractivity contribution < 1.29 is 32.8 Å². The van der Waals surface area contributed by atoms with Gasteiger partial charge in [-0.2, -0.15) is 0 Å². The van der Waals surface area contributed by atoms with Crippen molar-refractivity contribution in [2.75, 3.05) is 39.0 Å². The van der Waals surface area contributed by atoms with E-state index in [1.165, 1.54) is 18.2 Å². The Kier molecular flexibility index (Phi) is 8.01. The second kappa shape index (κ2) is 11.4. The number of carboxylic acid groups (broad SMARTS) is 1. The highest BCUT2D eigenvalue weighted by molar-refractivity contribution is 7.92. The molecule has 0 aromatic carbocycles. The Morgan fingerprint density at radius 3 is 2.53 bits per heavy atom. The highest BCUT2D eigenvalue weighted by Crippen LogP contribution is 2.35. The van der Waals surface area contributed by atoms with Crippen LogP contribution in [0, 0.1) is 24.0 Å². The Morgan fingerprint density at radius 1 is 1.19 bits per heavy atom. The second-order valence-electron chi connectivity index (χ2n) is 11.3. The average Bonchev–Trinajstić information content (AvgIpc) is 3.41. The molecule has 0 radical (unpaired) electrons. The van der Waals surface area contributed by atoms with Crippen LogP contribution in [-0.2, 0) is 19.4 Å². The number of hydrogen-bond acceptors (Lipinski definition) is 8. The molecular formula is C29H33N5O8S. The Morgan fingerprint density at radius 2 is 1.88 bits per heavy atom. The van der Waals surface area contributed by atoms with Gasteiger partial charge in [-0.3, -0.25) is 19.7 Å². The van der Waals surface area contributed by atoms with E-state index in [2.05, 4.69) is 15.2 Å². The smallest absolute Gasteiger partial charge is 0.331 e. The molecule has 2 fully saturated rings. The number of carbonyl (C=O) groups excluding carboxylic acids is 2. The number of aliphatic carboxylic acids is 1. The van der Waals surface area contributed by atoms with Gasteiger partial charge in [0.2, 0.25) is 6.04 Å². The lowest BCUT2D eigenvalue weighted by molar-refractivity contribution is -0.511. The monoisotopic (exact) mass is 611 g/mol. The minimum atomic E-state index is -3.98. The van der Waals surface area contributed by atoms with Gasteiger partial charge in [-0.15, -0.1) is 0 Å². The van der Waals surface area contributed by atoms with E-state index in [1.54, 1.807) is 26.0 Å². The minimum Gasteiger partial charge on any atom is -0.478 e. The number of H-pyrrole nitrogens is 1. The summed E-state index contributed by atoms with van der Waals surface area (Å²) in [5.74, 6) is -2.41. The molecule has 13 nitrogen and oxygen atoms in total. The first-order valence-corrected chi connectivity index (χ1v) is 15.6. The van der Waals surface area contributed by atoms with Crippen LogP contribution in [-0.4, -0.2) is 101 Å². The first-order chi connectivity index (χ1) is 20.3. The van der Waals surface area contributed by atoms with Crippen LogP contribution in [0.4, 0.5) is 0 Å². The number of piperazine rings is 1. The number of carboxylic acids is 1. The predicted molar refractivity (Wildman–Crippen MR) is 157 cm³/mol. The van der Waals surface area contributed by atoms with Crippen molar-refractivity contribution >= 4 is 33.7 Å². The quantitative estimate of drug-likeness (QED) is 0.234. The molecule has 4 aliphatic rings. The number of amides is 2. The number of nitrogens with one attached hydrogen (secondary N) is 2. The molecule has 2 aliphatic carbocycles. The van der Waals surface area contributed by atoms with E-state index in [0.717, 1.165) is 13.1 Å². The fourth-order valence-electron chi connectivity index (χ4n) is 5.88. The second-order valence-corrected chi connectivity index (χ2v) is 13.5. The van der Waals surface area contributed by atoms with Crippen molar-refractivity contribution in [3.05, 3.63) is 84.9 Å². The zero-order chi connectivity index (χ0) is 31.2. The van der Waals surface area contributed by atoms with Crippen molar-refractivity contribution in [2.24, 2.45) is 0 Å². The van der Waals surface area contributed by atoms with E-state index in [1.807, 2.05) is 11.9 Å². The summed E-state index contributed by atoms with van der Waals surface area (Å²) in [6.07, 6.45) is 6.79. The first kappa shape index (κ1) is 30.2. The number of carbonyl (C=O) groups is 3.